The highest BCUT2D eigenvalue weighted by Crippen LogP contribution is 2.50. The number of carboxylic acids is 1. The maximum absolute atomic E-state index is 13.0. The van der Waals surface area contributed by atoms with E-state index >= 15 is 0 Å². The summed E-state index contributed by atoms with van der Waals surface area (Å²) in [7, 11) is 0. The second kappa shape index (κ2) is 9.26. The summed E-state index contributed by atoms with van der Waals surface area (Å²) in [5.41, 5.74) is 3.57. The Balaban J connectivity index is 1.59. The first-order valence-electron chi connectivity index (χ1n) is 11.0. The van der Waals surface area contributed by atoms with E-state index in [0.717, 1.165) is 5.56 Å². The minimum Gasteiger partial charge on any atom is -0.481 e. The molecule has 174 valence electrons. The first kappa shape index (κ1) is 22.1. The lowest BCUT2D eigenvalue weighted by molar-refractivity contribution is -0.136. The van der Waals surface area contributed by atoms with Crippen LogP contribution in [0.5, 0.6) is 11.5 Å². The van der Waals surface area contributed by atoms with Gasteiger partial charge in [0.25, 0.3) is 0 Å². The summed E-state index contributed by atoms with van der Waals surface area (Å²) in [4.78, 5) is 41.9. The molecule has 0 radical (unpaired) electrons. The number of carbonyl (C=O) groups is 3. The highest BCUT2D eigenvalue weighted by atomic mass is 16.5. The molecule has 8 heteroatoms. The number of rotatable bonds is 8. The van der Waals surface area contributed by atoms with E-state index in [1.54, 1.807) is 18.3 Å². The van der Waals surface area contributed by atoms with E-state index in [1.165, 1.54) is 6.21 Å². The van der Waals surface area contributed by atoms with E-state index < -0.39 is 11.9 Å². The van der Waals surface area contributed by atoms with Crippen LogP contribution in [0.3, 0.4) is 0 Å². The largest absolute Gasteiger partial charge is 0.481 e. The van der Waals surface area contributed by atoms with Gasteiger partial charge in [-0.15, -0.1) is 0 Å². The highest BCUT2D eigenvalue weighted by molar-refractivity contribution is 6.33. The average Bonchev–Trinajstić information content (AvgIpc) is 3.17. The number of ketones is 1. The first-order valence-corrected chi connectivity index (χ1v) is 11.0. The quantitative estimate of drug-likeness (QED) is 0.479. The monoisotopic (exact) mass is 467 g/mol. The number of amides is 1. The van der Waals surface area contributed by atoms with Crippen molar-refractivity contribution in [2.45, 2.75) is 18.9 Å². The highest BCUT2D eigenvalue weighted by Gasteiger charge is 2.42. The summed E-state index contributed by atoms with van der Waals surface area (Å²) >= 11 is 0. The van der Waals surface area contributed by atoms with Gasteiger partial charge in [-0.05, 0) is 29.8 Å². The zero-order valence-electron chi connectivity index (χ0n) is 18.5. The van der Waals surface area contributed by atoms with Crippen molar-refractivity contribution < 1.29 is 24.2 Å². The van der Waals surface area contributed by atoms with Crippen LogP contribution in [0.2, 0.25) is 0 Å². The van der Waals surface area contributed by atoms with Crippen LogP contribution in [-0.2, 0) is 27.3 Å². The van der Waals surface area contributed by atoms with Crippen LogP contribution >= 0.6 is 0 Å². The normalized spacial score (nSPS) is 15.8. The number of carbonyl (C=O) groups excluding carboxylic acids is 2. The number of aliphatic imine (C=N–C) groups is 1. The number of aliphatic carboxylic acids is 1. The van der Waals surface area contributed by atoms with Gasteiger partial charge in [-0.2, -0.15) is 0 Å². The number of hydrogen-bond acceptors (Lipinski definition) is 6. The molecule has 0 aromatic heterocycles. The third-order valence-electron chi connectivity index (χ3n) is 6.01. The average molecular weight is 467 g/mol. The van der Waals surface area contributed by atoms with Crippen LogP contribution in [0.25, 0.3) is 0 Å². The van der Waals surface area contributed by atoms with Crippen molar-refractivity contribution in [3.63, 3.8) is 0 Å². The minimum atomic E-state index is -1.03. The predicted molar refractivity (Wildman–Crippen MR) is 131 cm³/mol. The molecule has 2 heterocycles. The van der Waals surface area contributed by atoms with Gasteiger partial charge in [0.15, 0.2) is 5.78 Å². The summed E-state index contributed by atoms with van der Waals surface area (Å²) < 4.78 is 6.12. The summed E-state index contributed by atoms with van der Waals surface area (Å²) in [6.07, 6.45) is 3.10. The van der Waals surface area contributed by atoms with Crippen LogP contribution in [0.4, 0.5) is 11.4 Å². The number of nitrogens with zero attached hydrogens (tertiary/aromatic N) is 2. The van der Waals surface area contributed by atoms with E-state index in [9.17, 15) is 19.5 Å². The van der Waals surface area contributed by atoms with Gasteiger partial charge in [0.2, 0.25) is 6.41 Å². The number of nitrogens with one attached hydrogen (secondary N) is 1. The first-order chi connectivity index (χ1) is 17.1. The topological polar surface area (TPSA) is 108 Å². The van der Waals surface area contributed by atoms with Gasteiger partial charge in [-0.1, -0.05) is 42.5 Å². The minimum absolute atomic E-state index is 0.235. The third-order valence-corrected chi connectivity index (χ3v) is 6.01. The third kappa shape index (κ3) is 4.17. The molecule has 2 N–H and O–H groups in total. The SMILES string of the molecule is O=CNc1c(CC(=O)O)ccc2c1C1C(=O)C=NC=C1N2Cc1ccccc1Oc1ccccc1. The van der Waals surface area contributed by atoms with Gasteiger partial charge in [0.05, 0.1) is 36.5 Å². The van der Waals surface area contributed by atoms with Gasteiger partial charge in [0.1, 0.15) is 11.5 Å². The molecule has 0 bridgehead atoms. The standard InChI is InChI=1S/C27H21N3O5/c31-16-29-27-17(12-24(33)34)10-11-20-26(27)25-21(13-28-14-22(25)32)30(20)15-18-6-4-5-9-23(18)35-19-7-2-1-3-8-19/h1-11,13-14,16,25H,12,15H2,(H,29,31)(H,33,34). The van der Waals surface area contributed by atoms with Crippen LogP contribution in [0.15, 0.2) is 83.6 Å². The summed E-state index contributed by atoms with van der Waals surface area (Å²) in [5, 5.41) is 12.0. The zero-order valence-corrected chi connectivity index (χ0v) is 18.5. The second-order valence-corrected chi connectivity index (χ2v) is 8.14. The second-order valence-electron chi connectivity index (χ2n) is 8.14. The Morgan fingerprint density at radius 2 is 1.83 bits per heavy atom. The van der Waals surface area contributed by atoms with Crippen molar-refractivity contribution in [3.8, 4) is 11.5 Å². The Labute approximate surface area is 201 Å². The fraction of sp³-hybridized carbons (Fsp3) is 0.111. The van der Waals surface area contributed by atoms with E-state index in [-0.39, 0.29) is 12.2 Å². The van der Waals surface area contributed by atoms with E-state index in [2.05, 4.69) is 10.3 Å². The Kier molecular flexibility index (Phi) is 5.85. The molecular weight excluding hydrogens is 446 g/mol. The Morgan fingerprint density at radius 3 is 2.60 bits per heavy atom. The molecule has 0 fully saturated rings. The van der Waals surface area contributed by atoms with Crippen LogP contribution < -0.4 is 15.0 Å². The Bertz CT molecular complexity index is 1380. The lowest BCUT2D eigenvalue weighted by Gasteiger charge is -2.24. The Morgan fingerprint density at radius 1 is 1.06 bits per heavy atom. The summed E-state index contributed by atoms with van der Waals surface area (Å²) in [6, 6.07) is 20.5. The number of allylic oxidation sites excluding steroid dienone is 1. The van der Waals surface area contributed by atoms with Crippen molar-refractivity contribution in [1.29, 1.82) is 0 Å². The molecule has 35 heavy (non-hydrogen) atoms. The van der Waals surface area contributed by atoms with Crippen molar-refractivity contribution in [1.82, 2.24) is 0 Å². The smallest absolute Gasteiger partial charge is 0.307 e. The van der Waals surface area contributed by atoms with Crippen molar-refractivity contribution in [2.24, 2.45) is 4.99 Å². The number of fused-ring (bicyclic) bond motifs is 3. The lowest BCUT2D eigenvalue weighted by atomic mass is 9.90. The number of anilines is 2. The van der Waals surface area contributed by atoms with Crippen LogP contribution in [0, 0.1) is 0 Å². The van der Waals surface area contributed by atoms with Gasteiger partial charge < -0.3 is 20.1 Å². The molecule has 5 rings (SSSR count). The van der Waals surface area contributed by atoms with Crippen molar-refractivity contribution in [2.75, 3.05) is 10.2 Å². The van der Waals surface area contributed by atoms with Gasteiger partial charge in [0, 0.05) is 23.0 Å². The molecule has 0 aliphatic carbocycles. The summed E-state index contributed by atoms with van der Waals surface area (Å²) in [6.45, 7) is 0.375. The maximum Gasteiger partial charge on any atom is 0.307 e. The fourth-order valence-corrected chi connectivity index (χ4v) is 4.55. The fourth-order valence-electron chi connectivity index (χ4n) is 4.55. The number of carboxylic acid groups (broad SMARTS) is 1. The molecule has 2 aliphatic rings. The number of Topliss-reactive ketones (excluding diaryl/α,β-unsaturated/α-hetero) is 1. The maximum atomic E-state index is 13.0. The molecule has 0 spiro atoms. The van der Waals surface area contributed by atoms with Crippen LogP contribution in [-0.4, -0.2) is 29.5 Å². The van der Waals surface area contributed by atoms with Gasteiger partial charge >= 0.3 is 5.97 Å². The molecule has 3 aromatic carbocycles. The van der Waals surface area contributed by atoms with E-state index in [4.69, 9.17) is 4.74 Å². The molecule has 2 aliphatic heterocycles. The number of benzene rings is 3. The molecule has 1 atom stereocenters. The van der Waals surface area contributed by atoms with Crippen molar-refractivity contribution in [3.05, 3.63) is 95.3 Å². The number of ether oxygens (including phenoxy) is 1. The van der Waals surface area contributed by atoms with Gasteiger partial charge in [-0.25, -0.2) is 0 Å². The molecule has 1 unspecified atom stereocenters. The summed E-state index contributed by atoms with van der Waals surface area (Å²) in [5.74, 6) is -0.591. The predicted octanol–water partition coefficient (Wildman–Crippen LogP) is 4.27. The Hall–Kier alpha value is -4.72. The molecule has 0 saturated carbocycles. The van der Waals surface area contributed by atoms with E-state index in [0.29, 0.717) is 52.7 Å². The van der Waals surface area contributed by atoms with Crippen molar-refractivity contribution >= 4 is 35.8 Å². The number of para-hydroxylation sites is 2. The van der Waals surface area contributed by atoms with Crippen LogP contribution in [0.1, 0.15) is 22.6 Å². The molecular formula is C27H21N3O5. The zero-order chi connectivity index (χ0) is 24.4. The molecule has 3 aromatic rings. The molecule has 8 nitrogen and oxygen atoms in total. The van der Waals surface area contributed by atoms with Gasteiger partial charge in [-0.3, -0.25) is 19.4 Å². The van der Waals surface area contributed by atoms with E-state index in [1.807, 2.05) is 59.5 Å². The lowest BCUT2D eigenvalue weighted by Crippen LogP contribution is -2.24. The molecule has 0 saturated heterocycles. The molecule has 1 amide bonds. The number of hydrogen-bond donors (Lipinski definition) is 2.